The average Bonchev–Trinajstić information content (AvgIpc) is 2.80. The number of nitrogens with two attached hydrogens (primary N) is 1. The number of aliphatic hydroxyl groups excluding tert-OH is 1. The van der Waals surface area contributed by atoms with Crippen molar-refractivity contribution in [2.45, 2.75) is 45.6 Å². The molecule has 0 aliphatic heterocycles. The lowest BCUT2D eigenvalue weighted by atomic mass is 9.91. The monoisotopic (exact) mass is 243 g/mol. The second-order valence-electron chi connectivity index (χ2n) is 5.49. The number of amides is 1. The molecule has 100 valence electrons. The zero-order valence-corrected chi connectivity index (χ0v) is 10.9. The molecular formula is C12H25N3O2. The first-order valence-electron chi connectivity index (χ1n) is 6.37. The van der Waals surface area contributed by atoms with Crippen LogP contribution >= 0.6 is 0 Å². The molecule has 1 amide bonds. The molecule has 4 N–H and O–H groups in total. The van der Waals surface area contributed by atoms with E-state index in [1.165, 1.54) is 25.7 Å². The van der Waals surface area contributed by atoms with E-state index in [0.29, 0.717) is 19.1 Å². The number of hydrogen-bond acceptors (Lipinski definition) is 4. The molecule has 0 radical (unpaired) electrons. The van der Waals surface area contributed by atoms with Gasteiger partial charge in [0.15, 0.2) is 0 Å². The first-order chi connectivity index (χ1) is 8.01. The highest BCUT2D eigenvalue weighted by Gasteiger charge is 2.32. The van der Waals surface area contributed by atoms with Gasteiger partial charge in [-0.15, -0.1) is 0 Å². The standard InChI is InChI=1S/C12H25N3O2/c1-12(2,11(17)14-13)9-15(7-8-16)10-5-3-4-6-10/h10,16H,3-9,13H2,1-2H3,(H,14,17). The van der Waals surface area contributed by atoms with Crippen LogP contribution in [0.25, 0.3) is 0 Å². The molecule has 0 atom stereocenters. The van der Waals surface area contributed by atoms with Crippen LogP contribution in [0.1, 0.15) is 39.5 Å². The molecule has 0 aromatic heterocycles. The number of aliphatic hydroxyl groups is 1. The summed E-state index contributed by atoms with van der Waals surface area (Å²) >= 11 is 0. The van der Waals surface area contributed by atoms with Gasteiger partial charge >= 0.3 is 0 Å². The highest BCUT2D eigenvalue weighted by Crippen LogP contribution is 2.26. The van der Waals surface area contributed by atoms with Crippen molar-refractivity contribution in [2.75, 3.05) is 19.7 Å². The van der Waals surface area contributed by atoms with E-state index in [-0.39, 0.29) is 12.5 Å². The van der Waals surface area contributed by atoms with E-state index in [2.05, 4.69) is 10.3 Å². The Morgan fingerprint density at radius 3 is 2.53 bits per heavy atom. The van der Waals surface area contributed by atoms with Gasteiger partial charge in [0.2, 0.25) is 5.91 Å². The molecule has 1 rings (SSSR count). The number of hydrogen-bond donors (Lipinski definition) is 3. The molecule has 1 aliphatic rings. The molecule has 0 unspecified atom stereocenters. The van der Waals surface area contributed by atoms with Crippen LogP contribution < -0.4 is 11.3 Å². The predicted octanol–water partition coefficient (Wildman–Crippen LogP) is 0.239. The Kier molecular flexibility index (Phi) is 5.36. The molecular weight excluding hydrogens is 218 g/mol. The minimum atomic E-state index is -0.521. The van der Waals surface area contributed by atoms with Crippen molar-refractivity contribution in [1.29, 1.82) is 0 Å². The molecule has 5 heteroatoms. The fraction of sp³-hybridized carbons (Fsp3) is 0.917. The molecule has 0 bridgehead atoms. The lowest BCUT2D eigenvalue weighted by Gasteiger charge is -2.34. The van der Waals surface area contributed by atoms with Gasteiger partial charge in [-0.2, -0.15) is 0 Å². The van der Waals surface area contributed by atoms with Crippen LogP contribution in [0.15, 0.2) is 0 Å². The quantitative estimate of drug-likeness (QED) is 0.355. The van der Waals surface area contributed by atoms with Gasteiger partial charge in [-0.3, -0.25) is 15.1 Å². The van der Waals surface area contributed by atoms with E-state index in [1.807, 2.05) is 13.8 Å². The summed E-state index contributed by atoms with van der Waals surface area (Å²) in [4.78, 5) is 13.9. The summed E-state index contributed by atoms with van der Waals surface area (Å²) in [5.74, 6) is 5.04. The largest absolute Gasteiger partial charge is 0.395 e. The molecule has 0 aromatic carbocycles. The number of hydrazine groups is 1. The third-order valence-electron chi connectivity index (χ3n) is 3.57. The van der Waals surface area contributed by atoms with Crippen LogP contribution in [0.5, 0.6) is 0 Å². The van der Waals surface area contributed by atoms with Gasteiger partial charge in [-0.05, 0) is 26.7 Å². The van der Waals surface area contributed by atoms with Gasteiger partial charge in [-0.1, -0.05) is 12.8 Å². The minimum Gasteiger partial charge on any atom is -0.395 e. The van der Waals surface area contributed by atoms with Crippen LogP contribution in [0, 0.1) is 5.41 Å². The molecule has 1 aliphatic carbocycles. The normalized spacial score (nSPS) is 17.7. The Morgan fingerprint density at radius 1 is 1.47 bits per heavy atom. The third-order valence-corrected chi connectivity index (χ3v) is 3.57. The van der Waals surface area contributed by atoms with Crippen molar-refractivity contribution in [3.63, 3.8) is 0 Å². The maximum Gasteiger partial charge on any atom is 0.240 e. The minimum absolute atomic E-state index is 0.136. The molecule has 1 saturated carbocycles. The third kappa shape index (κ3) is 3.94. The maximum absolute atomic E-state index is 11.7. The number of nitrogens with zero attached hydrogens (tertiary/aromatic N) is 1. The van der Waals surface area contributed by atoms with Gasteiger partial charge in [0.05, 0.1) is 12.0 Å². The van der Waals surface area contributed by atoms with Crippen LogP contribution in [0.3, 0.4) is 0 Å². The van der Waals surface area contributed by atoms with E-state index >= 15 is 0 Å². The van der Waals surface area contributed by atoms with E-state index in [1.54, 1.807) is 0 Å². The number of rotatable bonds is 6. The van der Waals surface area contributed by atoms with Crippen LogP contribution in [-0.4, -0.2) is 41.7 Å². The van der Waals surface area contributed by atoms with Crippen LogP contribution in [0.2, 0.25) is 0 Å². The van der Waals surface area contributed by atoms with Gasteiger partial charge in [0.25, 0.3) is 0 Å². The fourth-order valence-corrected chi connectivity index (χ4v) is 2.56. The van der Waals surface area contributed by atoms with Crippen molar-refractivity contribution >= 4 is 5.91 Å². The predicted molar refractivity (Wildman–Crippen MR) is 67.0 cm³/mol. The summed E-state index contributed by atoms with van der Waals surface area (Å²) in [6, 6.07) is 0.506. The Morgan fingerprint density at radius 2 is 2.06 bits per heavy atom. The first-order valence-corrected chi connectivity index (χ1v) is 6.37. The molecule has 5 nitrogen and oxygen atoms in total. The SMILES string of the molecule is CC(C)(CN(CCO)C1CCCC1)C(=O)NN. The molecule has 1 fully saturated rings. The molecule has 0 spiro atoms. The Labute approximate surface area is 103 Å². The summed E-state index contributed by atoms with van der Waals surface area (Å²) in [7, 11) is 0. The van der Waals surface area contributed by atoms with Gasteiger partial charge < -0.3 is 5.11 Å². The molecule has 0 aromatic rings. The number of carbonyl (C=O) groups is 1. The average molecular weight is 243 g/mol. The second kappa shape index (κ2) is 6.33. The summed E-state index contributed by atoms with van der Waals surface area (Å²) in [6.07, 6.45) is 4.83. The Bertz CT molecular complexity index is 250. The van der Waals surface area contributed by atoms with E-state index in [0.717, 1.165) is 0 Å². The zero-order valence-electron chi connectivity index (χ0n) is 10.9. The molecule has 17 heavy (non-hydrogen) atoms. The van der Waals surface area contributed by atoms with E-state index in [4.69, 9.17) is 10.9 Å². The highest BCUT2D eigenvalue weighted by atomic mass is 16.3. The molecule has 0 saturated heterocycles. The number of carbonyl (C=O) groups excluding carboxylic acids is 1. The molecule has 0 heterocycles. The van der Waals surface area contributed by atoms with Gasteiger partial charge in [0, 0.05) is 19.1 Å². The van der Waals surface area contributed by atoms with Crippen molar-refractivity contribution < 1.29 is 9.90 Å². The second-order valence-corrected chi connectivity index (χ2v) is 5.49. The lowest BCUT2D eigenvalue weighted by molar-refractivity contribution is -0.130. The summed E-state index contributed by atoms with van der Waals surface area (Å²) in [6.45, 7) is 5.17. The fourth-order valence-electron chi connectivity index (χ4n) is 2.56. The van der Waals surface area contributed by atoms with Crippen LogP contribution in [-0.2, 0) is 4.79 Å². The van der Waals surface area contributed by atoms with Crippen LogP contribution in [0.4, 0.5) is 0 Å². The number of nitrogens with one attached hydrogen (secondary N) is 1. The van der Waals surface area contributed by atoms with E-state index < -0.39 is 5.41 Å². The topological polar surface area (TPSA) is 78.6 Å². The summed E-state index contributed by atoms with van der Waals surface area (Å²) in [5, 5.41) is 9.12. The van der Waals surface area contributed by atoms with Crippen molar-refractivity contribution in [3.8, 4) is 0 Å². The van der Waals surface area contributed by atoms with Crippen molar-refractivity contribution in [2.24, 2.45) is 11.3 Å². The summed E-state index contributed by atoms with van der Waals surface area (Å²) < 4.78 is 0. The Hall–Kier alpha value is -0.650. The van der Waals surface area contributed by atoms with E-state index in [9.17, 15) is 4.79 Å². The summed E-state index contributed by atoms with van der Waals surface area (Å²) in [5.41, 5.74) is 1.69. The lowest BCUT2D eigenvalue weighted by Crippen LogP contribution is -2.50. The first kappa shape index (κ1) is 14.4. The van der Waals surface area contributed by atoms with Gasteiger partial charge in [0.1, 0.15) is 0 Å². The maximum atomic E-state index is 11.7. The highest BCUT2D eigenvalue weighted by molar-refractivity contribution is 5.81. The van der Waals surface area contributed by atoms with Crippen molar-refractivity contribution in [3.05, 3.63) is 0 Å². The van der Waals surface area contributed by atoms with Gasteiger partial charge in [-0.25, -0.2) is 5.84 Å². The van der Waals surface area contributed by atoms with Crippen molar-refractivity contribution in [1.82, 2.24) is 10.3 Å². The zero-order chi connectivity index (χ0) is 12.9. The smallest absolute Gasteiger partial charge is 0.240 e. The Balaban J connectivity index is 2.61.